The Morgan fingerprint density at radius 2 is 0.606 bits per heavy atom. The number of unbranched alkanes of at least 4 members (excludes halogenated alkanes) is 24. The summed E-state index contributed by atoms with van der Waals surface area (Å²) in [6.45, 7) is 4.46. The standard InChI is InChI=1S/C75H128O17P2/c1-5-9-13-17-21-25-29-31-33-34-36-37-41-44-48-52-56-60-73(78)86-66-71(92-75(80)62-58-54-50-46-42-38-35-32-30-26-22-18-14-10-6-2)68-90-94(83,84)88-64-69(76)63-87-93(81,82)89-67-70(91-74(79)61-57-53-49-45-40-28-24-20-16-12-8-4)65-85-72(77)59-55-51-47-43-39-27-23-19-15-11-7-3/h9-10,13-14,19,21-23,25-26,31-33,35,42,46,54,58,69-71,76H,5-8,11-12,15-18,20,24,27-30,34,36-41,43-45,47-53,55-57,59-68H2,1-4H3,(H,81,82)(H,83,84)/b13-9-,14-10-,23-19-,25-21-,26-22-,33-31-,35-32-,46-42-,58-54-. The van der Waals surface area contributed by atoms with Crippen molar-refractivity contribution in [3.05, 3.63) is 109 Å². The number of phosphoric ester groups is 2. The second-order valence-electron chi connectivity index (χ2n) is 23.8. The number of aliphatic hydroxyl groups is 1. The van der Waals surface area contributed by atoms with Crippen molar-refractivity contribution in [3.63, 3.8) is 0 Å². The van der Waals surface area contributed by atoms with Gasteiger partial charge >= 0.3 is 39.5 Å². The van der Waals surface area contributed by atoms with Crippen molar-refractivity contribution >= 4 is 39.5 Å². The highest BCUT2D eigenvalue weighted by molar-refractivity contribution is 7.47. The summed E-state index contributed by atoms with van der Waals surface area (Å²) >= 11 is 0. The van der Waals surface area contributed by atoms with Crippen molar-refractivity contribution in [2.45, 2.75) is 303 Å². The first kappa shape index (κ1) is 89.7. The number of hydrogen-bond acceptors (Lipinski definition) is 15. The fourth-order valence-corrected chi connectivity index (χ4v) is 10.9. The van der Waals surface area contributed by atoms with Crippen LogP contribution in [0, 0.1) is 0 Å². The molecule has 5 atom stereocenters. The normalized spacial score (nSPS) is 14.7. The summed E-state index contributed by atoms with van der Waals surface area (Å²) in [7, 11) is -9.97. The molecule has 0 amide bonds. The minimum absolute atomic E-state index is 0.0930. The average molecular weight is 1360 g/mol. The van der Waals surface area contributed by atoms with Crippen LogP contribution in [0.3, 0.4) is 0 Å². The van der Waals surface area contributed by atoms with Gasteiger partial charge in [0.1, 0.15) is 19.3 Å². The second kappa shape index (κ2) is 67.3. The molecule has 17 nitrogen and oxygen atoms in total. The van der Waals surface area contributed by atoms with E-state index < -0.39 is 97.5 Å². The van der Waals surface area contributed by atoms with E-state index in [1.807, 2.05) is 12.2 Å². The van der Waals surface area contributed by atoms with Gasteiger partial charge in [0, 0.05) is 19.3 Å². The summed E-state index contributed by atoms with van der Waals surface area (Å²) in [6.07, 6.45) is 69.9. The summed E-state index contributed by atoms with van der Waals surface area (Å²) in [4.78, 5) is 72.5. The third-order valence-corrected chi connectivity index (χ3v) is 16.7. The molecule has 0 fully saturated rings. The molecule has 0 radical (unpaired) electrons. The van der Waals surface area contributed by atoms with E-state index in [-0.39, 0.29) is 25.7 Å². The molecule has 3 N–H and O–H groups in total. The summed E-state index contributed by atoms with van der Waals surface area (Å²) in [5.74, 6) is -2.34. The lowest BCUT2D eigenvalue weighted by Gasteiger charge is -2.21. The van der Waals surface area contributed by atoms with Gasteiger partial charge in [0.05, 0.1) is 32.8 Å². The molecule has 94 heavy (non-hydrogen) atoms. The molecule has 0 heterocycles. The molecule has 0 aliphatic carbocycles. The van der Waals surface area contributed by atoms with E-state index in [4.69, 9.17) is 37.0 Å². The number of hydrogen-bond donors (Lipinski definition) is 3. The van der Waals surface area contributed by atoms with Gasteiger partial charge in [0.2, 0.25) is 0 Å². The van der Waals surface area contributed by atoms with Crippen LogP contribution in [0.25, 0.3) is 0 Å². The molecule has 0 aliphatic rings. The smallest absolute Gasteiger partial charge is 0.462 e. The molecule has 0 aromatic carbocycles. The fraction of sp³-hybridized carbons (Fsp3) is 0.707. The molecule has 5 unspecified atom stereocenters. The minimum Gasteiger partial charge on any atom is -0.462 e. The molecule has 0 rings (SSSR count). The maximum Gasteiger partial charge on any atom is 0.472 e. The van der Waals surface area contributed by atoms with Crippen molar-refractivity contribution in [3.8, 4) is 0 Å². The first-order chi connectivity index (χ1) is 45.7. The van der Waals surface area contributed by atoms with Crippen LogP contribution in [0.4, 0.5) is 0 Å². The van der Waals surface area contributed by atoms with Crippen molar-refractivity contribution in [1.82, 2.24) is 0 Å². The Hall–Kier alpha value is -4.28. The number of esters is 4. The van der Waals surface area contributed by atoms with Gasteiger partial charge in [0.15, 0.2) is 12.2 Å². The minimum atomic E-state index is -5.00. The molecule has 0 aromatic heterocycles. The van der Waals surface area contributed by atoms with Gasteiger partial charge in [-0.25, -0.2) is 9.13 Å². The number of allylic oxidation sites excluding steroid dienone is 17. The third-order valence-electron chi connectivity index (χ3n) is 14.8. The molecular weight excluding hydrogens is 1230 g/mol. The zero-order valence-electron chi connectivity index (χ0n) is 58.6. The van der Waals surface area contributed by atoms with E-state index in [1.165, 1.54) is 51.4 Å². The largest absolute Gasteiger partial charge is 0.472 e. The van der Waals surface area contributed by atoms with Crippen LogP contribution in [-0.4, -0.2) is 96.7 Å². The van der Waals surface area contributed by atoms with Crippen molar-refractivity contribution in [1.29, 1.82) is 0 Å². The van der Waals surface area contributed by atoms with Crippen LogP contribution >= 0.6 is 15.6 Å². The summed E-state index contributed by atoms with van der Waals surface area (Å²) in [5, 5.41) is 10.6. The second-order valence-corrected chi connectivity index (χ2v) is 26.7. The van der Waals surface area contributed by atoms with Crippen LogP contribution in [0.1, 0.15) is 285 Å². The van der Waals surface area contributed by atoms with E-state index in [0.29, 0.717) is 25.7 Å². The topological polar surface area (TPSA) is 237 Å². The predicted octanol–water partition coefficient (Wildman–Crippen LogP) is 20.2. The molecular formula is C75H128O17P2. The zero-order valence-corrected chi connectivity index (χ0v) is 60.4. The van der Waals surface area contributed by atoms with Crippen LogP contribution in [0.5, 0.6) is 0 Å². The van der Waals surface area contributed by atoms with Crippen molar-refractivity contribution in [2.75, 3.05) is 39.6 Å². The van der Waals surface area contributed by atoms with E-state index in [1.54, 1.807) is 12.2 Å². The van der Waals surface area contributed by atoms with E-state index >= 15 is 0 Å². The maximum atomic E-state index is 13.0. The van der Waals surface area contributed by atoms with Gasteiger partial charge in [-0.05, 0) is 103 Å². The number of carbonyl (C=O) groups excluding carboxylic acids is 4. The zero-order chi connectivity index (χ0) is 69.0. The number of carbonyl (C=O) groups is 4. The van der Waals surface area contributed by atoms with Crippen molar-refractivity contribution < 1.29 is 80.2 Å². The van der Waals surface area contributed by atoms with E-state index in [9.17, 15) is 43.2 Å². The van der Waals surface area contributed by atoms with E-state index in [0.717, 1.165) is 154 Å². The lowest BCUT2D eigenvalue weighted by atomic mass is 10.1. The Morgan fingerprint density at radius 1 is 0.319 bits per heavy atom. The van der Waals surface area contributed by atoms with Gasteiger partial charge < -0.3 is 33.8 Å². The lowest BCUT2D eigenvalue weighted by molar-refractivity contribution is -0.161. The molecule has 0 bridgehead atoms. The number of phosphoric acid groups is 2. The number of ether oxygens (including phenoxy) is 4. The first-order valence-electron chi connectivity index (χ1n) is 36.1. The molecule has 0 saturated carbocycles. The molecule has 19 heteroatoms. The van der Waals surface area contributed by atoms with Gasteiger partial charge in [0.25, 0.3) is 0 Å². The molecule has 0 aromatic rings. The van der Waals surface area contributed by atoms with Crippen molar-refractivity contribution in [2.24, 2.45) is 0 Å². The highest BCUT2D eigenvalue weighted by Crippen LogP contribution is 2.45. The lowest BCUT2D eigenvalue weighted by Crippen LogP contribution is -2.30. The summed E-state index contributed by atoms with van der Waals surface area (Å²) in [6, 6.07) is 0. The van der Waals surface area contributed by atoms with Crippen LogP contribution in [0.15, 0.2) is 109 Å². The predicted molar refractivity (Wildman–Crippen MR) is 381 cm³/mol. The first-order valence-corrected chi connectivity index (χ1v) is 39.1. The molecule has 0 saturated heterocycles. The maximum absolute atomic E-state index is 13.0. The Balaban J connectivity index is 5.39. The Kier molecular flexibility index (Phi) is 64.2. The summed E-state index contributed by atoms with van der Waals surface area (Å²) in [5.41, 5.74) is 0. The van der Waals surface area contributed by atoms with Gasteiger partial charge in [-0.15, -0.1) is 0 Å². The highest BCUT2D eigenvalue weighted by Gasteiger charge is 2.30. The van der Waals surface area contributed by atoms with Gasteiger partial charge in [-0.3, -0.25) is 37.3 Å². The highest BCUT2D eigenvalue weighted by atomic mass is 31.2. The van der Waals surface area contributed by atoms with Crippen LogP contribution in [0.2, 0.25) is 0 Å². The Bertz CT molecular complexity index is 2220. The average Bonchev–Trinajstić information content (AvgIpc) is 1.23. The number of rotatable bonds is 67. The monoisotopic (exact) mass is 1360 g/mol. The Morgan fingerprint density at radius 3 is 0.989 bits per heavy atom. The molecule has 540 valence electrons. The van der Waals surface area contributed by atoms with E-state index in [2.05, 4.69) is 113 Å². The number of aliphatic hydroxyl groups excluding tert-OH is 1. The van der Waals surface area contributed by atoms with Gasteiger partial charge in [-0.1, -0.05) is 265 Å². The van der Waals surface area contributed by atoms with Crippen LogP contribution < -0.4 is 0 Å². The summed E-state index contributed by atoms with van der Waals surface area (Å²) < 4.78 is 68.1. The molecule has 0 aliphatic heterocycles. The Labute approximate surface area is 569 Å². The fourth-order valence-electron chi connectivity index (χ4n) is 9.29. The quantitative estimate of drug-likeness (QED) is 0.0169. The SMILES string of the molecule is CC/C=C\C/C=C\C/C=C\C/C=C\C/C=C\CC(=O)OC(COC(=O)CCCCCCCCC/C=C\C/C=C\C/C=C\CC)COP(=O)(O)OCC(O)COP(=O)(O)OCC(COC(=O)CCCCCCC/C=C\CCCC)OC(=O)CCCCCCCCCCCCC. The molecule has 0 spiro atoms. The van der Waals surface area contributed by atoms with Gasteiger partial charge in [-0.2, -0.15) is 0 Å². The third kappa shape index (κ3) is 66.3. The van der Waals surface area contributed by atoms with Crippen LogP contribution in [-0.2, 0) is 65.4 Å².